The van der Waals surface area contributed by atoms with Gasteiger partial charge in [0, 0.05) is 12.1 Å². The summed E-state index contributed by atoms with van der Waals surface area (Å²) < 4.78 is 108. The molecular formula is C26H21F7O2. The Bertz CT molecular complexity index is 1140. The Labute approximate surface area is 197 Å². The molecule has 0 bridgehead atoms. The molecule has 0 N–H and O–H groups in total. The van der Waals surface area contributed by atoms with Gasteiger partial charge in [0.05, 0.1) is 6.61 Å². The standard InChI is InChI=1S/C26H21F7O2/c27-20-11-17(16-5-7-18(8-6-16)34-10-9-15-3-1-2-4-15)12-21(28)24(20)26(32,33)35-19-13-22(29)25(31)23(30)14-19/h5-8,11-15H,1-4,9-10H2. The minimum atomic E-state index is -4.64. The summed E-state index contributed by atoms with van der Waals surface area (Å²) in [6.45, 7) is 0.554. The van der Waals surface area contributed by atoms with Gasteiger partial charge in [-0.3, -0.25) is 0 Å². The first-order valence-corrected chi connectivity index (χ1v) is 11.1. The normalized spacial score (nSPS) is 14.4. The number of hydrogen-bond donors (Lipinski definition) is 0. The van der Waals surface area contributed by atoms with Crippen molar-refractivity contribution in [3.05, 3.63) is 83.2 Å². The van der Waals surface area contributed by atoms with Crippen molar-refractivity contribution >= 4 is 0 Å². The molecule has 1 aliphatic carbocycles. The van der Waals surface area contributed by atoms with Crippen LogP contribution >= 0.6 is 0 Å². The number of rotatable bonds is 8. The highest BCUT2D eigenvalue weighted by Crippen LogP contribution is 2.38. The first kappa shape index (κ1) is 24.9. The van der Waals surface area contributed by atoms with Crippen LogP contribution in [0.3, 0.4) is 0 Å². The third-order valence-corrected chi connectivity index (χ3v) is 5.99. The van der Waals surface area contributed by atoms with Gasteiger partial charge in [-0.15, -0.1) is 0 Å². The predicted octanol–water partition coefficient (Wildman–Crippen LogP) is 8.14. The molecule has 0 atom stereocenters. The lowest BCUT2D eigenvalue weighted by Crippen LogP contribution is -2.25. The molecule has 0 amide bonds. The lowest BCUT2D eigenvalue weighted by Gasteiger charge is -2.20. The minimum Gasteiger partial charge on any atom is -0.494 e. The Morgan fingerprint density at radius 3 is 1.86 bits per heavy atom. The zero-order valence-corrected chi connectivity index (χ0v) is 18.4. The van der Waals surface area contributed by atoms with E-state index in [0.717, 1.165) is 6.42 Å². The number of alkyl halides is 2. The summed E-state index contributed by atoms with van der Waals surface area (Å²) in [6.07, 6.45) is 1.21. The van der Waals surface area contributed by atoms with E-state index in [1.165, 1.54) is 37.8 Å². The summed E-state index contributed by atoms with van der Waals surface area (Å²) in [5.74, 6) is -8.65. The molecule has 0 radical (unpaired) electrons. The molecule has 0 unspecified atom stereocenters. The van der Waals surface area contributed by atoms with Crippen molar-refractivity contribution in [3.8, 4) is 22.6 Å². The van der Waals surface area contributed by atoms with Crippen molar-refractivity contribution < 1.29 is 40.2 Å². The summed E-state index contributed by atoms with van der Waals surface area (Å²) in [4.78, 5) is 0. The molecule has 3 aromatic carbocycles. The van der Waals surface area contributed by atoms with Gasteiger partial charge in [-0.2, -0.15) is 8.78 Å². The molecule has 4 rings (SSSR count). The van der Waals surface area contributed by atoms with Crippen molar-refractivity contribution in [2.24, 2.45) is 5.92 Å². The van der Waals surface area contributed by atoms with Crippen molar-refractivity contribution in [2.75, 3.05) is 6.61 Å². The van der Waals surface area contributed by atoms with Gasteiger partial charge >= 0.3 is 6.11 Å². The fourth-order valence-corrected chi connectivity index (χ4v) is 4.19. The van der Waals surface area contributed by atoms with E-state index < -0.39 is 46.5 Å². The average molecular weight is 498 g/mol. The number of benzene rings is 3. The molecule has 1 fully saturated rings. The third kappa shape index (κ3) is 5.71. The molecule has 0 aliphatic heterocycles. The van der Waals surface area contributed by atoms with E-state index in [1.54, 1.807) is 12.1 Å². The van der Waals surface area contributed by atoms with Crippen molar-refractivity contribution in [3.63, 3.8) is 0 Å². The highest BCUT2D eigenvalue weighted by molar-refractivity contribution is 5.65. The Kier molecular flexibility index (Phi) is 7.23. The molecule has 1 aliphatic rings. The molecule has 186 valence electrons. The molecule has 3 aromatic rings. The maximum absolute atomic E-state index is 14.6. The smallest absolute Gasteiger partial charge is 0.432 e. The first-order chi connectivity index (χ1) is 16.6. The first-order valence-electron chi connectivity index (χ1n) is 11.1. The van der Waals surface area contributed by atoms with Crippen LogP contribution in [-0.4, -0.2) is 6.61 Å². The zero-order chi connectivity index (χ0) is 25.2. The molecule has 1 saturated carbocycles. The highest BCUT2D eigenvalue weighted by Gasteiger charge is 2.41. The van der Waals surface area contributed by atoms with Gasteiger partial charge < -0.3 is 9.47 Å². The molecule has 35 heavy (non-hydrogen) atoms. The van der Waals surface area contributed by atoms with E-state index >= 15 is 0 Å². The van der Waals surface area contributed by atoms with E-state index in [1.807, 2.05) is 0 Å². The van der Waals surface area contributed by atoms with E-state index in [9.17, 15) is 30.7 Å². The van der Waals surface area contributed by atoms with Crippen LogP contribution in [0, 0.1) is 35.0 Å². The van der Waals surface area contributed by atoms with E-state index in [4.69, 9.17) is 4.74 Å². The lowest BCUT2D eigenvalue weighted by molar-refractivity contribution is -0.189. The monoisotopic (exact) mass is 498 g/mol. The van der Waals surface area contributed by atoms with Crippen molar-refractivity contribution in [2.45, 2.75) is 38.2 Å². The van der Waals surface area contributed by atoms with Crippen molar-refractivity contribution in [1.29, 1.82) is 0 Å². The second-order valence-corrected chi connectivity index (χ2v) is 8.45. The van der Waals surface area contributed by atoms with Crippen LogP contribution in [-0.2, 0) is 6.11 Å². The zero-order valence-electron chi connectivity index (χ0n) is 18.4. The molecule has 0 aromatic heterocycles. The average Bonchev–Trinajstić information content (AvgIpc) is 3.30. The molecule has 0 heterocycles. The van der Waals surface area contributed by atoms with Crippen LogP contribution in [0.4, 0.5) is 30.7 Å². The molecule has 2 nitrogen and oxygen atoms in total. The van der Waals surface area contributed by atoms with Crippen LogP contribution in [0.5, 0.6) is 11.5 Å². The number of halogens is 7. The number of ether oxygens (including phenoxy) is 2. The van der Waals surface area contributed by atoms with Crippen LogP contribution in [0.25, 0.3) is 11.1 Å². The van der Waals surface area contributed by atoms with Gasteiger partial charge in [0.2, 0.25) is 0 Å². The van der Waals surface area contributed by atoms with E-state index in [2.05, 4.69) is 4.74 Å². The van der Waals surface area contributed by atoms with Crippen LogP contribution in [0.15, 0.2) is 48.5 Å². The van der Waals surface area contributed by atoms with Gasteiger partial charge in [-0.05, 0) is 47.7 Å². The van der Waals surface area contributed by atoms with E-state index in [-0.39, 0.29) is 17.7 Å². The summed E-state index contributed by atoms with van der Waals surface area (Å²) in [5.41, 5.74) is -1.42. The number of hydrogen-bond acceptors (Lipinski definition) is 2. The fourth-order valence-electron chi connectivity index (χ4n) is 4.19. The van der Waals surface area contributed by atoms with Crippen LogP contribution in [0.1, 0.15) is 37.7 Å². The summed E-state index contributed by atoms with van der Waals surface area (Å²) in [5, 5.41) is 0. The van der Waals surface area contributed by atoms with E-state index in [0.29, 0.717) is 36.0 Å². The quantitative estimate of drug-likeness (QED) is 0.231. The molecule has 9 heteroatoms. The Morgan fingerprint density at radius 2 is 1.29 bits per heavy atom. The predicted molar refractivity (Wildman–Crippen MR) is 115 cm³/mol. The maximum atomic E-state index is 14.6. The van der Waals surface area contributed by atoms with Gasteiger partial charge in [-0.25, -0.2) is 22.0 Å². The Morgan fingerprint density at radius 1 is 0.714 bits per heavy atom. The highest BCUT2D eigenvalue weighted by atomic mass is 19.3. The SMILES string of the molecule is Fc1cc(OC(F)(F)c2c(F)cc(-c3ccc(OCCC4CCCC4)cc3)cc2F)cc(F)c1F. The Hall–Kier alpha value is -3.23. The fraction of sp³-hybridized carbons (Fsp3) is 0.308. The second kappa shape index (κ2) is 10.2. The topological polar surface area (TPSA) is 18.5 Å². The largest absolute Gasteiger partial charge is 0.494 e. The summed E-state index contributed by atoms with van der Waals surface area (Å²) in [6, 6.07) is 7.98. The Balaban J connectivity index is 1.48. The molecule has 0 saturated heterocycles. The maximum Gasteiger partial charge on any atom is 0.432 e. The third-order valence-electron chi connectivity index (χ3n) is 5.99. The molecular weight excluding hydrogens is 477 g/mol. The van der Waals surface area contributed by atoms with Gasteiger partial charge in [0.25, 0.3) is 0 Å². The summed E-state index contributed by atoms with van der Waals surface area (Å²) >= 11 is 0. The van der Waals surface area contributed by atoms with Gasteiger partial charge in [0.1, 0.15) is 28.7 Å². The lowest BCUT2D eigenvalue weighted by atomic mass is 10.0. The van der Waals surface area contributed by atoms with Crippen LogP contribution in [0.2, 0.25) is 0 Å². The summed E-state index contributed by atoms with van der Waals surface area (Å²) in [7, 11) is 0. The van der Waals surface area contributed by atoms with Gasteiger partial charge in [-0.1, -0.05) is 37.8 Å². The molecule has 0 spiro atoms. The van der Waals surface area contributed by atoms with Crippen molar-refractivity contribution in [1.82, 2.24) is 0 Å². The van der Waals surface area contributed by atoms with Gasteiger partial charge in [0.15, 0.2) is 17.5 Å². The minimum absolute atomic E-state index is 0.0177. The second-order valence-electron chi connectivity index (χ2n) is 8.45. The van der Waals surface area contributed by atoms with Crippen LogP contribution < -0.4 is 9.47 Å².